The third kappa shape index (κ3) is 4.08. The van der Waals surface area contributed by atoms with E-state index < -0.39 is 6.03 Å². The minimum atomic E-state index is -0.457. The van der Waals surface area contributed by atoms with Crippen molar-refractivity contribution in [2.24, 2.45) is 0 Å². The summed E-state index contributed by atoms with van der Waals surface area (Å²) in [6.45, 7) is -0.0695. The van der Waals surface area contributed by atoms with E-state index in [2.05, 4.69) is 10.9 Å². The van der Waals surface area contributed by atoms with Crippen LogP contribution in [0.1, 0.15) is 24.0 Å². The summed E-state index contributed by atoms with van der Waals surface area (Å²) in [6, 6.07) is 14.7. The molecular weight excluding hydrogens is 334 g/mol. The Balaban J connectivity index is 0.00000243. The van der Waals surface area contributed by atoms with Crippen LogP contribution in [-0.4, -0.2) is 29.1 Å². The zero-order valence-electron chi connectivity index (χ0n) is 14.1. The number of amides is 3. The lowest BCUT2D eigenvalue weighted by atomic mass is 10.1. The van der Waals surface area contributed by atoms with Crippen LogP contribution in [-0.2, 0) is 4.79 Å². The molecule has 1 aliphatic rings. The zero-order chi connectivity index (χ0) is 17.6. The Labute approximate surface area is 151 Å². The van der Waals surface area contributed by atoms with Gasteiger partial charge in [-0.2, -0.15) is 0 Å². The van der Waals surface area contributed by atoms with Crippen molar-refractivity contribution in [1.82, 2.24) is 10.9 Å². The SMILES string of the molecule is O.O=C(CCCO)NNC(=O)N1c2ccccc2C=Cc2ccccc21. The summed E-state index contributed by atoms with van der Waals surface area (Å²) < 4.78 is 0. The molecule has 0 fully saturated rings. The van der Waals surface area contributed by atoms with Crippen LogP contribution < -0.4 is 15.8 Å². The maximum absolute atomic E-state index is 12.8. The second kappa shape index (κ2) is 8.80. The molecule has 0 aliphatic carbocycles. The lowest BCUT2D eigenvalue weighted by molar-refractivity contribution is -0.122. The van der Waals surface area contributed by atoms with Crippen molar-refractivity contribution < 1.29 is 20.2 Å². The highest BCUT2D eigenvalue weighted by Crippen LogP contribution is 2.35. The molecule has 3 rings (SSSR count). The first-order valence-corrected chi connectivity index (χ1v) is 8.06. The molecular formula is C19H21N3O4. The van der Waals surface area contributed by atoms with E-state index >= 15 is 0 Å². The smallest absolute Gasteiger partial charge is 0.345 e. The first kappa shape index (κ1) is 19.2. The van der Waals surface area contributed by atoms with Gasteiger partial charge in [0.15, 0.2) is 0 Å². The molecule has 0 saturated carbocycles. The standard InChI is InChI=1S/C19H19N3O3.H2O/c23-13-5-10-18(24)20-21-19(25)22-16-8-3-1-6-14(16)11-12-15-7-2-4-9-17(15)22;/h1-4,6-9,11-12,23H,5,10,13H2,(H,20,24)(H,21,25);1H2. The number of fused-ring (bicyclic) bond motifs is 2. The molecule has 0 radical (unpaired) electrons. The van der Waals surface area contributed by atoms with Gasteiger partial charge in [-0.1, -0.05) is 48.6 Å². The average Bonchev–Trinajstić information content (AvgIpc) is 2.81. The molecule has 0 bridgehead atoms. The largest absolute Gasteiger partial charge is 0.412 e. The quantitative estimate of drug-likeness (QED) is 0.732. The van der Waals surface area contributed by atoms with Gasteiger partial charge in [-0.25, -0.2) is 10.2 Å². The van der Waals surface area contributed by atoms with Crippen molar-refractivity contribution in [2.45, 2.75) is 12.8 Å². The molecule has 0 aromatic heterocycles. The minimum absolute atomic E-state index is 0. The fraction of sp³-hybridized carbons (Fsp3) is 0.158. The number of hydrogen-bond donors (Lipinski definition) is 3. The molecule has 1 aliphatic heterocycles. The maximum Gasteiger partial charge on any atom is 0.345 e. The Morgan fingerprint density at radius 2 is 1.42 bits per heavy atom. The Morgan fingerprint density at radius 3 is 1.96 bits per heavy atom. The van der Waals surface area contributed by atoms with Gasteiger partial charge < -0.3 is 10.6 Å². The summed E-state index contributed by atoms with van der Waals surface area (Å²) in [5, 5.41) is 8.76. The molecule has 136 valence electrons. The van der Waals surface area contributed by atoms with Gasteiger partial charge in [-0.3, -0.25) is 15.1 Å². The molecule has 0 spiro atoms. The maximum atomic E-state index is 12.8. The van der Waals surface area contributed by atoms with Gasteiger partial charge in [-0.05, 0) is 29.7 Å². The van der Waals surface area contributed by atoms with Gasteiger partial charge in [0.25, 0.3) is 0 Å². The average molecular weight is 355 g/mol. The number of carbonyl (C=O) groups is 2. The van der Waals surface area contributed by atoms with Crippen molar-refractivity contribution in [1.29, 1.82) is 0 Å². The lowest BCUT2D eigenvalue weighted by Crippen LogP contribution is -2.47. The molecule has 0 atom stereocenters. The molecule has 2 aromatic carbocycles. The van der Waals surface area contributed by atoms with E-state index in [1.807, 2.05) is 60.7 Å². The van der Waals surface area contributed by atoms with Crippen LogP contribution in [0.15, 0.2) is 48.5 Å². The Hall–Kier alpha value is -3.16. The Morgan fingerprint density at radius 1 is 0.885 bits per heavy atom. The summed E-state index contributed by atoms with van der Waals surface area (Å²) >= 11 is 0. The molecule has 7 heteroatoms. The van der Waals surface area contributed by atoms with Crippen LogP contribution in [0.4, 0.5) is 16.2 Å². The fourth-order valence-electron chi connectivity index (χ4n) is 2.67. The Kier molecular flexibility index (Phi) is 6.48. The number of aliphatic hydroxyl groups is 1. The summed E-state index contributed by atoms with van der Waals surface area (Å²) in [5.74, 6) is -0.350. The van der Waals surface area contributed by atoms with Crippen molar-refractivity contribution in [3.05, 3.63) is 59.7 Å². The summed E-state index contributed by atoms with van der Waals surface area (Å²) in [4.78, 5) is 26.0. The number of carbonyl (C=O) groups excluding carboxylic acids is 2. The summed E-state index contributed by atoms with van der Waals surface area (Å²) in [5.41, 5.74) is 8.10. The first-order valence-electron chi connectivity index (χ1n) is 8.06. The third-order valence-electron chi connectivity index (χ3n) is 3.87. The second-order valence-electron chi connectivity index (χ2n) is 5.59. The van der Waals surface area contributed by atoms with E-state index in [0.29, 0.717) is 6.42 Å². The molecule has 3 amide bonds. The van der Waals surface area contributed by atoms with E-state index in [4.69, 9.17) is 5.11 Å². The highest BCUT2D eigenvalue weighted by atomic mass is 16.3. The molecule has 0 saturated heterocycles. The molecule has 0 unspecified atom stereocenters. The first-order chi connectivity index (χ1) is 12.2. The van der Waals surface area contributed by atoms with E-state index in [9.17, 15) is 9.59 Å². The van der Waals surface area contributed by atoms with Gasteiger partial charge in [0, 0.05) is 13.0 Å². The number of nitrogens with zero attached hydrogens (tertiary/aromatic N) is 1. The number of anilines is 2. The van der Waals surface area contributed by atoms with Gasteiger partial charge in [0.2, 0.25) is 5.91 Å². The van der Waals surface area contributed by atoms with E-state index in [-0.39, 0.29) is 24.4 Å². The van der Waals surface area contributed by atoms with Crippen LogP contribution in [0.5, 0.6) is 0 Å². The number of aliphatic hydroxyl groups excluding tert-OH is 1. The number of urea groups is 1. The predicted octanol–water partition coefficient (Wildman–Crippen LogP) is 2.00. The topological polar surface area (TPSA) is 113 Å². The molecule has 1 heterocycles. The highest BCUT2D eigenvalue weighted by Gasteiger charge is 2.23. The zero-order valence-corrected chi connectivity index (χ0v) is 14.1. The van der Waals surface area contributed by atoms with E-state index in [1.54, 1.807) is 0 Å². The van der Waals surface area contributed by atoms with Gasteiger partial charge in [0.05, 0.1) is 11.4 Å². The van der Waals surface area contributed by atoms with Crippen LogP contribution in [0.3, 0.4) is 0 Å². The van der Waals surface area contributed by atoms with Gasteiger partial charge >= 0.3 is 6.03 Å². The number of benzene rings is 2. The van der Waals surface area contributed by atoms with Crippen molar-refractivity contribution in [3.63, 3.8) is 0 Å². The molecule has 26 heavy (non-hydrogen) atoms. The van der Waals surface area contributed by atoms with Crippen molar-refractivity contribution in [2.75, 3.05) is 11.5 Å². The molecule has 5 N–H and O–H groups in total. The third-order valence-corrected chi connectivity index (χ3v) is 3.87. The van der Waals surface area contributed by atoms with Crippen LogP contribution in [0.2, 0.25) is 0 Å². The van der Waals surface area contributed by atoms with Gasteiger partial charge in [0.1, 0.15) is 0 Å². The molecule has 2 aromatic rings. The molecule has 7 nitrogen and oxygen atoms in total. The monoisotopic (exact) mass is 355 g/mol. The minimum Gasteiger partial charge on any atom is -0.412 e. The van der Waals surface area contributed by atoms with Crippen LogP contribution in [0.25, 0.3) is 12.2 Å². The van der Waals surface area contributed by atoms with Gasteiger partial charge in [-0.15, -0.1) is 0 Å². The predicted molar refractivity (Wildman–Crippen MR) is 101 cm³/mol. The fourth-order valence-corrected chi connectivity index (χ4v) is 2.67. The van der Waals surface area contributed by atoms with Crippen LogP contribution >= 0.6 is 0 Å². The summed E-state index contributed by atoms with van der Waals surface area (Å²) in [7, 11) is 0. The number of hydrazine groups is 1. The number of hydrogen-bond acceptors (Lipinski definition) is 3. The highest BCUT2D eigenvalue weighted by molar-refractivity contribution is 6.05. The Bertz CT molecular complexity index is 770. The number of para-hydroxylation sites is 2. The van der Waals surface area contributed by atoms with Crippen molar-refractivity contribution in [3.8, 4) is 0 Å². The lowest BCUT2D eigenvalue weighted by Gasteiger charge is -2.25. The summed E-state index contributed by atoms with van der Waals surface area (Å²) in [6.07, 6.45) is 4.41. The van der Waals surface area contributed by atoms with Crippen molar-refractivity contribution >= 4 is 35.5 Å². The normalized spacial score (nSPS) is 11.5. The van der Waals surface area contributed by atoms with E-state index in [0.717, 1.165) is 22.5 Å². The van der Waals surface area contributed by atoms with E-state index in [1.165, 1.54) is 4.90 Å². The van der Waals surface area contributed by atoms with Crippen LogP contribution in [0, 0.1) is 0 Å². The number of rotatable bonds is 3. The second-order valence-corrected chi connectivity index (χ2v) is 5.59. The number of nitrogens with one attached hydrogen (secondary N) is 2.